The van der Waals surface area contributed by atoms with E-state index in [9.17, 15) is 19.2 Å². The van der Waals surface area contributed by atoms with Crippen molar-refractivity contribution in [2.75, 3.05) is 0 Å². The first kappa shape index (κ1) is 13.7. The fourth-order valence-corrected chi connectivity index (χ4v) is 2.40. The van der Waals surface area contributed by atoms with Gasteiger partial charge in [-0.15, -0.1) is 0 Å². The summed E-state index contributed by atoms with van der Waals surface area (Å²) in [6.45, 7) is 0. The van der Waals surface area contributed by atoms with Gasteiger partial charge in [-0.3, -0.25) is 4.79 Å². The van der Waals surface area contributed by atoms with Crippen LogP contribution in [-0.4, -0.2) is 29.3 Å². The second-order valence-electron chi connectivity index (χ2n) is 4.63. The van der Waals surface area contributed by atoms with Crippen LogP contribution in [0.25, 0.3) is 11.1 Å². The number of hydrogen-bond donors (Lipinski definition) is 1. The third-order valence-corrected chi connectivity index (χ3v) is 3.39. The van der Waals surface area contributed by atoms with Crippen molar-refractivity contribution >= 4 is 24.2 Å². The molecule has 2 aromatic rings. The molecule has 1 aliphatic heterocycles. The summed E-state index contributed by atoms with van der Waals surface area (Å²) >= 11 is 0. The Morgan fingerprint density at radius 3 is 2.45 bits per heavy atom. The lowest BCUT2D eigenvalue weighted by Crippen LogP contribution is -2.03. The third-order valence-electron chi connectivity index (χ3n) is 3.39. The number of aromatic carboxylic acids is 1. The van der Waals surface area contributed by atoms with Crippen molar-refractivity contribution in [2.45, 2.75) is 0 Å². The van der Waals surface area contributed by atoms with E-state index in [1.807, 2.05) is 0 Å². The zero-order chi connectivity index (χ0) is 15.9. The van der Waals surface area contributed by atoms with Gasteiger partial charge in [0.25, 0.3) is 0 Å². The summed E-state index contributed by atoms with van der Waals surface area (Å²) < 4.78 is 4.57. The van der Waals surface area contributed by atoms with E-state index in [4.69, 9.17) is 5.11 Å². The number of carbonyl (C=O) groups excluding carboxylic acids is 3. The van der Waals surface area contributed by atoms with Gasteiger partial charge >= 0.3 is 17.9 Å². The molecule has 0 bridgehead atoms. The molecule has 3 rings (SSSR count). The largest absolute Gasteiger partial charge is 0.478 e. The first-order valence-corrected chi connectivity index (χ1v) is 6.25. The summed E-state index contributed by atoms with van der Waals surface area (Å²) in [5.74, 6) is -2.70. The predicted molar refractivity (Wildman–Crippen MR) is 74.0 cm³/mol. The van der Waals surface area contributed by atoms with Gasteiger partial charge in [0.05, 0.1) is 16.7 Å². The van der Waals surface area contributed by atoms with Gasteiger partial charge in [-0.1, -0.05) is 18.2 Å². The van der Waals surface area contributed by atoms with E-state index in [2.05, 4.69) is 4.74 Å². The van der Waals surface area contributed by atoms with Crippen LogP contribution < -0.4 is 0 Å². The van der Waals surface area contributed by atoms with Gasteiger partial charge in [-0.05, 0) is 29.3 Å². The SMILES string of the molecule is O=Cc1cc(-c2cccc3c2C(=O)OC3=O)ccc1C(=O)O. The van der Waals surface area contributed by atoms with Gasteiger partial charge in [0.15, 0.2) is 6.29 Å². The number of fused-ring (bicyclic) bond motifs is 1. The molecule has 6 nitrogen and oxygen atoms in total. The molecule has 0 unspecified atom stereocenters. The molecule has 0 atom stereocenters. The predicted octanol–water partition coefficient (Wildman–Crippen LogP) is 2.17. The van der Waals surface area contributed by atoms with Crippen LogP contribution in [-0.2, 0) is 4.74 Å². The van der Waals surface area contributed by atoms with Crippen molar-refractivity contribution < 1.29 is 29.0 Å². The lowest BCUT2D eigenvalue weighted by Gasteiger charge is -2.07. The number of benzene rings is 2. The van der Waals surface area contributed by atoms with Crippen molar-refractivity contribution in [1.82, 2.24) is 0 Å². The minimum absolute atomic E-state index is 0.0136. The van der Waals surface area contributed by atoms with E-state index < -0.39 is 17.9 Å². The number of cyclic esters (lactones) is 2. The maximum atomic E-state index is 11.8. The van der Waals surface area contributed by atoms with Crippen molar-refractivity contribution in [1.29, 1.82) is 0 Å². The molecule has 22 heavy (non-hydrogen) atoms. The molecule has 1 heterocycles. The summed E-state index contributed by atoms with van der Waals surface area (Å²) in [4.78, 5) is 45.4. The minimum Gasteiger partial charge on any atom is -0.478 e. The standard InChI is InChI=1S/C16H8O6/c17-7-9-6-8(4-5-11(9)14(18)19)10-2-1-3-12-13(10)16(21)22-15(12)20/h1-7H,(H,18,19). The van der Waals surface area contributed by atoms with E-state index in [-0.39, 0.29) is 22.3 Å². The molecule has 0 radical (unpaired) electrons. The molecular formula is C16H8O6. The molecule has 108 valence electrons. The quantitative estimate of drug-likeness (QED) is 0.529. The van der Waals surface area contributed by atoms with E-state index in [1.54, 1.807) is 12.1 Å². The number of hydrogen-bond acceptors (Lipinski definition) is 5. The smallest absolute Gasteiger partial charge is 0.347 e. The number of esters is 2. The second-order valence-corrected chi connectivity index (χ2v) is 4.63. The van der Waals surface area contributed by atoms with E-state index in [1.165, 1.54) is 24.3 Å². The molecule has 0 saturated carbocycles. The average Bonchev–Trinajstić information content (AvgIpc) is 2.81. The van der Waals surface area contributed by atoms with Crippen LogP contribution in [0.3, 0.4) is 0 Å². The first-order valence-electron chi connectivity index (χ1n) is 6.25. The molecule has 6 heteroatoms. The Labute approximate surface area is 123 Å². The summed E-state index contributed by atoms with van der Waals surface area (Å²) in [7, 11) is 0. The topological polar surface area (TPSA) is 97.7 Å². The van der Waals surface area contributed by atoms with Crippen molar-refractivity contribution in [2.24, 2.45) is 0 Å². The van der Waals surface area contributed by atoms with Crippen molar-refractivity contribution in [3.8, 4) is 11.1 Å². The van der Waals surface area contributed by atoms with Gasteiger partial charge in [-0.2, -0.15) is 0 Å². The maximum Gasteiger partial charge on any atom is 0.347 e. The molecule has 2 aromatic carbocycles. The Bertz CT molecular complexity index is 850. The van der Waals surface area contributed by atoms with E-state index >= 15 is 0 Å². The first-order chi connectivity index (χ1) is 10.5. The van der Waals surface area contributed by atoms with Crippen LogP contribution in [0.5, 0.6) is 0 Å². The van der Waals surface area contributed by atoms with Gasteiger partial charge in [0.1, 0.15) is 0 Å². The highest BCUT2D eigenvalue weighted by atomic mass is 16.6. The van der Waals surface area contributed by atoms with Crippen LogP contribution in [0.4, 0.5) is 0 Å². The lowest BCUT2D eigenvalue weighted by atomic mass is 9.94. The zero-order valence-corrected chi connectivity index (χ0v) is 11.0. The zero-order valence-electron chi connectivity index (χ0n) is 11.0. The average molecular weight is 296 g/mol. The Kier molecular flexibility index (Phi) is 3.06. The van der Waals surface area contributed by atoms with Gasteiger partial charge in [0.2, 0.25) is 0 Å². The normalized spacial score (nSPS) is 12.7. The van der Waals surface area contributed by atoms with Crippen LogP contribution in [0.1, 0.15) is 41.4 Å². The summed E-state index contributed by atoms with van der Waals surface area (Å²) in [5, 5.41) is 9.01. The number of carboxylic acids is 1. The molecule has 0 saturated heterocycles. The van der Waals surface area contributed by atoms with Gasteiger partial charge < -0.3 is 9.84 Å². The maximum absolute atomic E-state index is 11.8. The highest BCUT2D eigenvalue weighted by molar-refractivity contribution is 6.18. The number of aldehydes is 1. The molecular weight excluding hydrogens is 288 g/mol. The molecule has 0 spiro atoms. The Hall–Kier alpha value is -3.28. The van der Waals surface area contributed by atoms with Gasteiger partial charge in [-0.25, -0.2) is 14.4 Å². The van der Waals surface area contributed by atoms with Crippen LogP contribution in [0, 0.1) is 0 Å². The molecule has 1 aliphatic rings. The highest BCUT2D eigenvalue weighted by Crippen LogP contribution is 2.32. The third kappa shape index (κ3) is 1.98. The monoisotopic (exact) mass is 296 g/mol. The highest BCUT2D eigenvalue weighted by Gasteiger charge is 2.32. The fourth-order valence-electron chi connectivity index (χ4n) is 2.40. The number of rotatable bonds is 3. The fraction of sp³-hybridized carbons (Fsp3) is 0. The van der Waals surface area contributed by atoms with Gasteiger partial charge in [0, 0.05) is 5.56 Å². The van der Waals surface area contributed by atoms with Crippen molar-refractivity contribution in [3.63, 3.8) is 0 Å². The van der Waals surface area contributed by atoms with E-state index in [0.29, 0.717) is 17.4 Å². The van der Waals surface area contributed by atoms with Crippen LogP contribution in [0.15, 0.2) is 36.4 Å². The van der Waals surface area contributed by atoms with Crippen LogP contribution >= 0.6 is 0 Å². The minimum atomic E-state index is -1.22. The summed E-state index contributed by atoms with van der Waals surface area (Å²) in [6, 6.07) is 8.77. The molecule has 0 aliphatic carbocycles. The van der Waals surface area contributed by atoms with Crippen molar-refractivity contribution in [3.05, 3.63) is 58.7 Å². The number of carboxylic acid groups (broad SMARTS) is 1. The number of ether oxygens (including phenoxy) is 1. The molecule has 1 N–H and O–H groups in total. The molecule has 0 fully saturated rings. The Morgan fingerprint density at radius 2 is 1.77 bits per heavy atom. The lowest BCUT2D eigenvalue weighted by molar-refractivity contribution is 0.0443. The number of carbonyl (C=O) groups is 4. The van der Waals surface area contributed by atoms with E-state index in [0.717, 1.165) is 0 Å². The Balaban J connectivity index is 2.22. The Morgan fingerprint density at radius 1 is 1.05 bits per heavy atom. The molecule has 0 amide bonds. The van der Waals surface area contributed by atoms with Crippen LogP contribution in [0.2, 0.25) is 0 Å². The summed E-state index contributed by atoms with van der Waals surface area (Å²) in [6.07, 6.45) is 0.430. The molecule has 0 aromatic heterocycles. The second kappa shape index (κ2) is 4.92. The summed E-state index contributed by atoms with van der Waals surface area (Å²) in [5.41, 5.74) is 0.985.